The maximum Gasteiger partial charge on any atom is 0.408 e. The van der Waals surface area contributed by atoms with Crippen molar-refractivity contribution in [1.29, 1.82) is 5.26 Å². The molecule has 7 heteroatoms. The standard InChI is InChI=1S/C18H18N4O3/c19-8-10-21-17(23)16(11-15-7-4-9-20-12-15)22-18(24)25-13-14-5-2-1-3-6-14/h1-7,9,12,16H,10-11,13H2,(H,21,23)(H,22,24)/t16-/m1/s1. The lowest BCUT2D eigenvalue weighted by Gasteiger charge is -2.17. The van der Waals surface area contributed by atoms with Gasteiger partial charge in [0.25, 0.3) is 0 Å². The summed E-state index contributed by atoms with van der Waals surface area (Å²) in [7, 11) is 0. The first-order valence-corrected chi connectivity index (χ1v) is 7.70. The summed E-state index contributed by atoms with van der Waals surface area (Å²) in [6.45, 7) is -0.0325. The number of hydrogen-bond acceptors (Lipinski definition) is 5. The fourth-order valence-corrected chi connectivity index (χ4v) is 2.12. The largest absolute Gasteiger partial charge is 0.445 e. The molecule has 2 aromatic rings. The third-order valence-electron chi connectivity index (χ3n) is 3.33. The highest BCUT2D eigenvalue weighted by Gasteiger charge is 2.21. The Bertz CT molecular complexity index is 729. The zero-order chi connectivity index (χ0) is 17.9. The fraction of sp³-hybridized carbons (Fsp3) is 0.222. The van der Waals surface area contributed by atoms with Crippen LogP contribution in [0.5, 0.6) is 0 Å². The van der Waals surface area contributed by atoms with Gasteiger partial charge >= 0.3 is 6.09 Å². The van der Waals surface area contributed by atoms with Crippen molar-refractivity contribution in [1.82, 2.24) is 15.6 Å². The molecule has 128 valence electrons. The van der Waals surface area contributed by atoms with Crippen molar-refractivity contribution in [2.24, 2.45) is 0 Å². The van der Waals surface area contributed by atoms with Gasteiger partial charge in [-0.15, -0.1) is 0 Å². The molecule has 25 heavy (non-hydrogen) atoms. The second kappa shape index (κ2) is 9.67. The lowest BCUT2D eigenvalue weighted by molar-refractivity contribution is -0.122. The molecule has 2 rings (SSSR count). The van der Waals surface area contributed by atoms with Gasteiger partial charge in [-0.05, 0) is 17.2 Å². The zero-order valence-electron chi connectivity index (χ0n) is 13.5. The SMILES string of the molecule is N#CCNC(=O)[C@@H](Cc1cccnc1)NC(=O)OCc1ccccc1. The summed E-state index contributed by atoms with van der Waals surface area (Å²) < 4.78 is 5.14. The second-order valence-electron chi connectivity index (χ2n) is 5.20. The van der Waals surface area contributed by atoms with E-state index in [-0.39, 0.29) is 19.6 Å². The summed E-state index contributed by atoms with van der Waals surface area (Å²) in [4.78, 5) is 28.2. The number of rotatable bonds is 7. The highest BCUT2D eigenvalue weighted by molar-refractivity contribution is 5.86. The number of amides is 2. The third kappa shape index (κ3) is 6.31. The highest BCUT2D eigenvalue weighted by Crippen LogP contribution is 2.04. The first-order chi connectivity index (χ1) is 12.2. The zero-order valence-corrected chi connectivity index (χ0v) is 13.5. The van der Waals surface area contributed by atoms with Crippen molar-refractivity contribution in [3.63, 3.8) is 0 Å². The number of nitrogens with one attached hydrogen (secondary N) is 2. The number of pyridine rings is 1. The van der Waals surface area contributed by atoms with Crippen LogP contribution in [0.3, 0.4) is 0 Å². The third-order valence-corrected chi connectivity index (χ3v) is 3.33. The number of nitrogens with zero attached hydrogens (tertiary/aromatic N) is 2. The Labute approximate surface area is 145 Å². The van der Waals surface area contributed by atoms with E-state index < -0.39 is 18.0 Å². The van der Waals surface area contributed by atoms with Gasteiger partial charge in [0.2, 0.25) is 5.91 Å². The number of carbonyl (C=O) groups is 2. The number of carbonyl (C=O) groups excluding carboxylic acids is 2. The molecule has 0 aliphatic heterocycles. The van der Waals surface area contributed by atoms with Crippen LogP contribution in [-0.2, 0) is 22.6 Å². The van der Waals surface area contributed by atoms with Gasteiger partial charge in [0.05, 0.1) is 6.07 Å². The molecule has 0 spiro atoms. The van der Waals surface area contributed by atoms with Crippen LogP contribution in [-0.4, -0.2) is 29.6 Å². The van der Waals surface area contributed by atoms with Crippen LogP contribution >= 0.6 is 0 Å². The number of ether oxygens (including phenoxy) is 1. The molecule has 0 saturated carbocycles. The molecule has 2 N–H and O–H groups in total. The van der Waals surface area contributed by atoms with Gasteiger partial charge in [-0.25, -0.2) is 4.79 Å². The molecule has 0 aliphatic carbocycles. The molecular formula is C18H18N4O3. The van der Waals surface area contributed by atoms with Crippen LogP contribution in [0.15, 0.2) is 54.9 Å². The van der Waals surface area contributed by atoms with E-state index in [0.717, 1.165) is 11.1 Å². The molecule has 0 bridgehead atoms. The Hall–Kier alpha value is -3.40. The second-order valence-corrected chi connectivity index (χ2v) is 5.20. The van der Waals surface area contributed by atoms with Crippen molar-refractivity contribution in [3.8, 4) is 6.07 Å². The van der Waals surface area contributed by atoms with E-state index in [1.54, 1.807) is 24.5 Å². The Kier molecular flexibility index (Phi) is 6.95. The van der Waals surface area contributed by atoms with E-state index >= 15 is 0 Å². The van der Waals surface area contributed by atoms with Gasteiger partial charge < -0.3 is 15.4 Å². The van der Waals surface area contributed by atoms with E-state index in [0.29, 0.717) is 0 Å². The van der Waals surface area contributed by atoms with Crippen LogP contribution in [0.4, 0.5) is 4.79 Å². The lowest BCUT2D eigenvalue weighted by Crippen LogP contribution is -2.48. The highest BCUT2D eigenvalue weighted by atomic mass is 16.5. The summed E-state index contributed by atoms with van der Waals surface area (Å²) in [5.74, 6) is -0.456. The number of alkyl carbamates (subject to hydrolysis) is 1. The predicted molar refractivity (Wildman–Crippen MR) is 90.1 cm³/mol. The average molecular weight is 338 g/mol. The summed E-state index contributed by atoms with van der Waals surface area (Å²) in [5, 5.41) is 13.6. The first kappa shape index (κ1) is 17.9. The van der Waals surface area contributed by atoms with E-state index in [1.165, 1.54) is 0 Å². The van der Waals surface area contributed by atoms with Crippen molar-refractivity contribution < 1.29 is 14.3 Å². The van der Waals surface area contributed by atoms with Gasteiger partial charge in [0.1, 0.15) is 19.2 Å². The minimum absolute atomic E-state index is 0.103. The van der Waals surface area contributed by atoms with Crippen molar-refractivity contribution >= 4 is 12.0 Å². The van der Waals surface area contributed by atoms with Crippen molar-refractivity contribution in [2.45, 2.75) is 19.1 Å². The Morgan fingerprint density at radius 1 is 1.16 bits per heavy atom. The molecule has 7 nitrogen and oxygen atoms in total. The van der Waals surface area contributed by atoms with E-state index in [4.69, 9.17) is 10.00 Å². The molecule has 1 atom stereocenters. The van der Waals surface area contributed by atoms with Crippen LogP contribution < -0.4 is 10.6 Å². The first-order valence-electron chi connectivity index (χ1n) is 7.70. The average Bonchev–Trinajstić information content (AvgIpc) is 2.65. The smallest absolute Gasteiger partial charge is 0.408 e. The fourth-order valence-electron chi connectivity index (χ4n) is 2.12. The molecule has 1 heterocycles. The maximum absolute atomic E-state index is 12.2. The molecule has 0 fully saturated rings. The normalized spacial score (nSPS) is 11.0. The van der Waals surface area contributed by atoms with Crippen molar-refractivity contribution in [2.75, 3.05) is 6.54 Å². The number of aromatic nitrogens is 1. The maximum atomic E-state index is 12.2. The van der Waals surface area contributed by atoms with Gasteiger partial charge in [-0.3, -0.25) is 9.78 Å². The van der Waals surface area contributed by atoms with Gasteiger partial charge in [-0.2, -0.15) is 5.26 Å². The van der Waals surface area contributed by atoms with Gasteiger partial charge in [-0.1, -0.05) is 36.4 Å². The molecule has 1 aromatic heterocycles. The monoisotopic (exact) mass is 338 g/mol. The molecular weight excluding hydrogens is 320 g/mol. The minimum atomic E-state index is -0.860. The molecule has 0 saturated heterocycles. The summed E-state index contributed by atoms with van der Waals surface area (Å²) in [6, 6.07) is 13.7. The number of hydrogen-bond donors (Lipinski definition) is 2. The number of nitriles is 1. The lowest BCUT2D eigenvalue weighted by atomic mass is 10.1. The molecule has 0 aliphatic rings. The summed E-state index contributed by atoms with van der Waals surface area (Å²) in [5.41, 5.74) is 1.62. The molecule has 0 radical (unpaired) electrons. The van der Waals surface area contributed by atoms with Crippen LogP contribution in [0.2, 0.25) is 0 Å². The van der Waals surface area contributed by atoms with Crippen molar-refractivity contribution in [3.05, 3.63) is 66.0 Å². The Morgan fingerprint density at radius 2 is 1.92 bits per heavy atom. The van der Waals surface area contributed by atoms with E-state index in [2.05, 4.69) is 15.6 Å². The summed E-state index contributed by atoms with van der Waals surface area (Å²) >= 11 is 0. The van der Waals surface area contributed by atoms with Crippen LogP contribution in [0.1, 0.15) is 11.1 Å². The van der Waals surface area contributed by atoms with Crippen LogP contribution in [0, 0.1) is 11.3 Å². The van der Waals surface area contributed by atoms with E-state index in [1.807, 2.05) is 36.4 Å². The molecule has 2 amide bonds. The van der Waals surface area contributed by atoms with E-state index in [9.17, 15) is 9.59 Å². The molecule has 1 aromatic carbocycles. The quantitative estimate of drug-likeness (QED) is 0.746. The van der Waals surface area contributed by atoms with Gasteiger partial charge in [0.15, 0.2) is 0 Å². The Balaban J connectivity index is 1.95. The predicted octanol–water partition coefficient (Wildman–Crippen LogP) is 1.56. The Morgan fingerprint density at radius 3 is 2.60 bits per heavy atom. The number of benzene rings is 1. The molecule has 0 unspecified atom stereocenters. The van der Waals surface area contributed by atoms with Crippen LogP contribution in [0.25, 0.3) is 0 Å². The summed E-state index contributed by atoms with van der Waals surface area (Å²) in [6.07, 6.45) is 2.77. The van der Waals surface area contributed by atoms with Gasteiger partial charge in [0, 0.05) is 18.8 Å². The minimum Gasteiger partial charge on any atom is -0.445 e. The topological polar surface area (TPSA) is 104 Å².